The van der Waals surface area contributed by atoms with Crippen LogP contribution in [0.3, 0.4) is 0 Å². The third kappa shape index (κ3) is 4.28. The first-order chi connectivity index (χ1) is 10.7. The Morgan fingerprint density at radius 3 is 2.22 bits per heavy atom. The zero-order valence-electron chi connectivity index (χ0n) is 13.1. The van der Waals surface area contributed by atoms with E-state index in [1.165, 1.54) is 23.8 Å². The monoisotopic (exact) mass is 424 g/mol. The van der Waals surface area contributed by atoms with Crippen LogP contribution in [0.15, 0.2) is 42.5 Å². The number of nitrogens with one attached hydrogen (secondary N) is 1. The Balaban J connectivity index is 2.17. The smallest absolute Gasteiger partial charge is 0.270 e. The maximum Gasteiger partial charge on any atom is 0.270 e. The molecule has 120 valence electrons. The van der Waals surface area contributed by atoms with Gasteiger partial charge in [0.15, 0.2) is 0 Å². The predicted octanol–water partition coefficient (Wildman–Crippen LogP) is 4.75. The number of hydrogen-bond donors (Lipinski definition) is 1. The highest BCUT2D eigenvalue weighted by atomic mass is 127. The van der Waals surface area contributed by atoms with Crippen molar-refractivity contribution in [2.24, 2.45) is 0 Å². The van der Waals surface area contributed by atoms with Gasteiger partial charge in [-0.15, -0.1) is 0 Å². The average Bonchev–Trinajstić information content (AvgIpc) is 2.46. The lowest BCUT2D eigenvalue weighted by Gasteiger charge is -2.19. The summed E-state index contributed by atoms with van der Waals surface area (Å²) in [7, 11) is 0. The second kappa shape index (κ2) is 6.66. The van der Waals surface area contributed by atoms with E-state index in [1.54, 1.807) is 0 Å². The minimum absolute atomic E-state index is 0.0273. The molecule has 1 amide bonds. The summed E-state index contributed by atoms with van der Waals surface area (Å²) < 4.78 is 0.542. The summed E-state index contributed by atoms with van der Waals surface area (Å²) in [5, 5.41) is 13.6. The van der Waals surface area contributed by atoms with Crippen molar-refractivity contribution in [3.05, 3.63) is 67.3 Å². The molecule has 2 aromatic rings. The number of non-ortho nitro benzene ring substituents is 1. The molecule has 0 aromatic heterocycles. The molecule has 0 radical (unpaired) electrons. The number of carbonyl (C=O) groups is 1. The van der Waals surface area contributed by atoms with Crippen molar-refractivity contribution in [1.29, 1.82) is 0 Å². The van der Waals surface area contributed by atoms with Crippen LogP contribution < -0.4 is 5.32 Å². The zero-order chi connectivity index (χ0) is 17.2. The van der Waals surface area contributed by atoms with Gasteiger partial charge in [0.2, 0.25) is 0 Å². The topological polar surface area (TPSA) is 72.2 Å². The Morgan fingerprint density at radius 2 is 1.74 bits per heavy atom. The minimum Gasteiger partial charge on any atom is -0.322 e. The lowest BCUT2D eigenvalue weighted by atomic mass is 9.87. The van der Waals surface area contributed by atoms with Crippen molar-refractivity contribution in [2.75, 3.05) is 5.32 Å². The maximum absolute atomic E-state index is 12.3. The van der Waals surface area contributed by atoms with E-state index in [2.05, 4.69) is 26.1 Å². The normalized spacial score (nSPS) is 11.1. The molecule has 6 heteroatoms. The number of amides is 1. The van der Waals surface area contributed by atoms with E-state index in [1.807, 2.05) is 46.9 Å². The molecule has 2 rings (SSSR count). The number of rotatable bonds is 3. The van der Waals surface area contributed by atoms with Gasteiger partial charge in [-0.3, -0.25) is 14.9 Å². The first kappa shape index (κ1) is 17.4. The van der Waals surface area contributed by atoms with Crippen LogP contribution in [0.5, 0.6) is 0 Å². The molecule has 0 saturated heterocycles. The molecule has 0 aliphatic rings. The van der Waals surface area contributed by atoms with Gasteiger partial charge < -0.3 is 5.32 Å². The Morgan fingerprint density at radius 1 is 1.13 bits per heavy atom. The fourth-order valence-electron chi connectivity index (χ4n) is 2.05. The molecule has 0 bridgehead atoms. The Kier molecular flexibility index (Phi) is 5.03. The number of halogens is 1. The summed E-state index contributed by atoms with van der Waals surface area (Å²) in [5.74, 6) is -0.284. The number of nitrogens with zero attached hydrogens (tertiary/aromatic N) is 1. The quantitative estimate of drug-likeness (QED) is 0.439. The van der Waals surface area contributed by atoms with Crippen molar-refractivity contribution in [3.8, 4) is 0 Å². The molecule has 5 nitrogen and oxygen atoms in total. The highest BCUT2D eigenvalue weighted by molar-refractivity contribution is 14.1. The van der Waals surface area contributed by atoms with Crippen LogP contribution >= 0.6 is 22.6 Å². The molecule has 2 aromatic carbocycles. The highest BCUT2D eigenvalue weighted by Gasteiger charge is 2.16. The maximum atomic E-state index is 12.3. The summed E-state index contributed by atoms with van der Waals surface area (Å²) >= 11 is 1.93. The van der Waals surface area contributed by atoms with Crippen molar-refractivity contribution in [1.82, 2.24) is 0 Å². The molecule has 0 fully saturated rings. The zero-order valence-corrected chi connectivity index (χ0v) is 15.2. The number of carbonyl (C=O) groups excluding carboxylic acids is 1. The molecule has 0 aliphatic carbocycles. The van der Waals surface area contributed by atoms with Gasteiger partial charge in [-0.25, -0.2) is 0 Å². The number of nitro groups is 1. The standard InChI is InChI=1S/C17H17IN2O3/c1-17(2,3)11-4-6-12(7-5-11)19-16(21)14-9-8-13(20(22)23)10-15(14)18/h4-10H,1-3H3,(H,19,21). The van der Waals surface area contributed by atoms with E-state index in [0.29, 0.717) is 14.8 Å². The first-order valence-electron chi connectivity index (χ1n) is 7.04. The largest absolute Gasteiger partial charge is 0.322 e. The van der Waals surface area contributed by atoms with Gasteiger partial charge >= 0.3 is 0 Å². The van der Waals surface area contributed by atoms with Crippen LogP contribution in [-0.4, -0.2) is 10.8 Å². The van der Waals surface area contributed by atoms with Gasteiger partial charge in [0.1, 0.15) is 0 Å². The number of hydrogen-bond acceptors (Lipinski definition) is 3. The van der Waals surface area contributed by atoms with Crippen LogP contribution in [0.4, 0.5) is 11.4 Å². The van der Waals surface area contributed by atoms with Gasteiger partial charge in [0.05, 0.1) is 10.5 Å². The van der Waals surface area contributed by atoms with Crippen molar-refractivity contribution >= 4 is 39.9 Å². The molecule has 0 spiro atoms. The van der Waals surface area contributed by atoms with Gasteiger partial charge in [-0.1, -0.05) is 32.9 Å². The van der Waals surface area contributed by atoms with E-state index in [9.17, 15) is 14.9 Å². The molecule has 0 atom stereocenters. The Bertz CT molecular complexity index is 749. The molecule has 0 heterocycles. The lowest BCUT2D eigenvalue weighted by molar-refractivity contribution is -0.384. The third-order valence-electron chi connectivity index (χ3n) is 3.42. The minimum atomic E-state index is -0.477. The number of benzene rings is 2. The summed E-state index contributed by atoms with van der Waals surface area (Å²) in [6.45, 7) is 6.37. The van der Waals surface area contributed by atoms with Crippen molar-refractivity contribution in [3.63, 3.8) is 0 Å². The van der Waals surface area contributed by atoms with Crippen molar-refractivity contribution in [2.45, 2.75) is 26.2 Å². The second-order valence-corrected chi connectivity index (χ2v) is 7.36. The summed E-state index contributed by atoms with van der Waals surface area (Å²) in [4.78, 5) is 22.6. The molecule has 0 saturated carbocycles. The number of nitro benzene ring substituents is 1. The molecular formula is C17H17IN2O3. The Labute approximate surface area is 148 Å². The van der Waals surface area contributed by atoms with Gasteiger partial charge in [-0.05, 0) is 51.8 Å². The van der Waals surface area contributed by atoms with Crippen LogP contribution in [0.25, 0.3) is 0 Å². The number of anilines is 1. The molecule has 0 aliphatic heterocycles. The van der Waals surface area contributed by atoms with Gasteiger partial charge in [0.25, 0.3) is 11.6 Å². The lowest BCUT2D eigenvalue weighted by Crippen LogP contribution is -2.14. The molecule has 0 unspecified atom stereocenters. The molecule has 23 heavy (non-hydrogen) atoms. The van der Waals surface area contributed by atoms with Crippen LogP contribution in [0.2, 0.25) is 0 Å². The fourth-order valence-corrected chi connectivity index (χ4v) is 2.80. The van der Waals surface area contributed by atoms with Crippen LogP contribution in [-0.2, 0) is 5.41 Å². The SMILES string of the molecule is CC(C)(C)c1ccc(NC(=O)c2ccc([N+](=O)[O-])cc2I)cc1. The average molecular weight is 424 g/mol. The highest BCUT2D eigenvalue weighted by Crippen LogP contribution is 2.24. The Hall–Kier alpha value is -1.96. The van der Waals surface area contributed by atoms with Crippen molar-refractivity contribution < 1.29 is 9.72 Å². The van der Waals surface area contributed by atoms with Crippen LogP contribution in [0.1, 0.15) is 36.7 Å². The fraction of sp³-hybridized carbons (Fsp3) is 0.235. The van der Waals surface area contributed by atoms with Crippen LogP contribution in [0, 0.1) is 13.7 Å². The predicted molar refractivity (Wildman–Crippen MR) is 98.9 cm³/mol. The van der Waals surface area contributed by atoms with E-state index in [0.717, 1.165) is 0 Å². The van der Waals surface area contributed by atoms with E-state index in [-0.39, 0.29) is 17.0 Å². The van der Waals surface area contributed by atoms with E-state index >= 15 is 0 Å². The van der Waals surface area contributed by atoms with E-state index < -0.39 is 4.92 Å². The molecular weight excluding hydrogens is 407 g/mol. The van der Waals surface area contributed by atoms with E-state index in [4.69, 9.17) is 0 Å². The first-order valence-corrected chi connectivity index (χ1v) is 8.12. The summed E-state index contributed by atoms with van der Waals surface area (Å²) in [5.41, 5.74) is 2.31. The third-order valence-corrected chi connectivity index (χ3v) is 4.31. The second-order valence-electron chi connectivity index (χ2n) is 6.20. The van der Waals surface area contributed by atoms with Gasteiger partial charge in [0, 0.05) is 21.4 Å². The van der Waals surface area contributed by atoms with Gasteiger partial charge in [-0.2, -0.15) is 0 Å². The summed E-state index contributed by atoms with van der Waals surface area (Å²) in [6, 6.07) is 11.9. The molecule has 1 N–H and O–H groups in total. The summed E-state index contributed by atoms with van der Waals surface area (Å²) in [6.07, 6.45) is 0.